The minimum absolute atomic E-state index is 0.0602. The van der Waals surface area contributed by atoms with E-state index in [-0.39, 0.29) is 24.7 Å². The molecule has 2 aromatic carbocycles. The first-order valence-corrected chi connectivity index (χ1v) is 8.07. The molecule has 138 valence electrons. The molecule has 1 atom stereocenters. The summed E-state index contributed by atoms with van der Waals surface area (Å²) < 4.78 is 31.3. The van der Waals surface area contributed by atoms with E-state index >= 15 is 0 Å². The molecule has 2 aromatic rings. The molecule has 0 saturated heterocycles. The number of aliphatic carboxylic acids is 1. The van der Waals surface area contributed by atoms with E-state index in [9.17, 15) is 18.4 Å². The van der Waals surface area contributed by atoms with Crippen LogP contribution in [0.5, 0.6) is 5.75 Å². The van der Waals surface area contributed by atoms with Crippen LogP contribution in [0.2, 0.25) is 0 Å². The van der Waals surface area contributed by atoms with Crippen molar-refractivity contribution < 1.29 is 28.2 Å². The zero-order valence-electron chi connectivity index (χ0n) is 14.2. The SMILES string of the molecule is CC(C(=O)O)c1ccc(NC(=O)CCCOc2ccc(F)cc2F)cc1. The number of carboxylic acids is 1. The van der Waals surface area contributed by atoms with Gasteiger partial charge in [-0.25, -0.2) is 8.78 Å². The van der Waals surface area contributed by atoms with Crippen molar-refractivity contribution in [3.63, 3.8) is 0 Å². The Hall–Kier alpha value is -2.96. The first kappa shape index (κ1) is 19.4. The second-order valence-electron chi connectivity index (χ2n) is 5.76. The van der Waals surface area contributed by atoms with Crippen molar-refractivity contribution in [1.29, 1.82) is 0 Å². The van der Waals surface area contributed by atoms with E-state index in [4.69, 9.17) is 9.84 Å². The van der Waals surface area contributed by atoms with Crippen molar-refractivity contribution in [3.8, 4) is 5.75 Å². The molecule has 0 spiro atoms. The lowest BCUT2D eigenvalue weighted by molar-refractivity contribution is -0.138. The number of halogens is 2. The van der Waals surface area contributed by atoms with Gasteiger partial charge in [0.1, 0.15) is 5.82 Å². The highest BCUT2D eigenvalue weighted by Gasteiger charge is 2.13. The van der Waals surface area contributed by atoms with Crippen molar-refractivity contribution in [2.75, 3.05) is 11.9 Å². The summed E-state index contributed by atoms with van der Waals surface area (Å²) in [7, 11) is 0. The standard InChI is InChI=1S/C19H19F2NO4/c1-12(19(24)25)13-4-7-15(8-5-13)22-18(23)3-2-10-26-17-9-6-14(20)11-16(17)21/h4-9,11-12H,2-3,10H2,1H3,(H,22,23)(H,24,25). The van der Waals surface area contributed by atoms with Gasteiger partial charge in [-0.1, -0.05) is 12.1 Å². The number of benzene rings is 2. The first-order valence-electron chi connectivity index (χ1n) is 8.07. The van der Waals surface area contributed by atoms with Crippen LogP contribution in [0.25, 0.3) is 0 Å². The summed E-state index contributed by atoms with van der Waals surface area (Å²) in [5, 5.41) is 11.6. The lowest BCUT2D eigenvalue weighted by atomic mass is 10.0. The summed E-state index contributed by atoms with van der Waals surface area (Å²) in [5.41, 5.74) is 1.20. The van der Waals surface area contributed by atoms with E-state index in [0.717, 1.165) is 12.1 Å². The number of rotatable bonds is 8. The first-order chi connectivity index (χ1) is 12.4. The Balaban J connectivity index is 1.75. The van der Waals surface area contributed by atoms with Crippen LogP contribution in [0, 0.1) is 11.6 Å². The predicted molar refractivity (Wildman–Crippen MR) is 92.2 cm³/mol. The number of carbonyl (C=O) groups excluding carboxylic acids is 1. The largest absolute Gasteiger partial charge is 0.491 e. The van der Waals surface area contributed by atoms with Gasteiger partial charge in [-0.05, 0) is 43.2 Å². The fraction of sp³-hybridized carbons (Fsp3) is 0.263. The number of carboxylic acid groups (broad SMARTS) is 1. The molecule has 7 heteroatoms. The van der Waals surface area contributed by atoms with Crippen molar-refractivity contribution in [2.24, 2.45) is 0 Å². The quantitative estimate of drug-likeness (QED) is 0.697. The molecule has 0 aliphatic carbocycles. The van der Waals surface area contributed by atoms with Gasteiger partial charge in [0.05, 0.1) is 12.5 Å². The van der Waals surface area contributed by atoms with E-state index in [1.807, 2.05) is 0 Å². The van der Waals surface area contributed by atoms with E-state index in [2.05, 4.69) is 5.32 Å². The maximum atomic E-state index is 13.4. The molecule has 0 radical (unpaired) electrons. The van der Waals surface area contributed by atoms with Crippen LogP contribution in [0.15, 0.2) is 42.5 Å². The van der Waals surface area contributed by atoms with Crippen molar-refractivity contribution >= 4 is 17.6 Å². The van der Waals surface area contributed by atoms with Crippen LogP contribution in [-0.4, -0.2) is 23.6 Å². The average Bonchev–Trinajstić information content (AvgIpc) is 2.60. The highest BCUT2D eigenvalue weighted by molar-refractivity contribution is 5.90. The van der Waals surface area contributed by atoms with Crippen LogP contribution < -0.4 is 10.1 Å². The molecule has 26 heavy (non-hydrogen) atoms. The molecule has 5 nitrogen and oxygen atoms in total. The zero-order valence-corrected chi connectivity index (χ0v) is 14.2. The third-order valence-electron chi connectivity index (χ3n) is 3.76. The number of nitrogens with one attached hydrogen (secondary N) is 1. The normalized spacial score (nSPS) is 11.7. The molecule has 0 bridgehead atoms. The number of carbonyl (C=O) groups is 2. The lowest BCUT2D eigenvalue weighted by Gasteiger charge is -2.10. The minimum atomic E-state index is -0.917. The summed E-state index contributed by atoms with van der Waals surface area (Å²) >= 11 is 0. The summed E-state index contributed by atoms with van der Waals surface area (Å²) in [4.78, 5) is 22.8. The third kappa shape index (κ3) is 5.54. The van der Waals surface area contributed by atoms with Crippen molar-refractivity contribution in [3.05, 3.63) is 59.7 Å². The van der Waals surface area contributed by atoms with E-state index < -0.39 is 23.5 Å². The van der Waals surface area contributed by atoms with Crippen LogP contribution in [-0.2, 0) is 9.59 Å². The topological polar surface area (TPSA) is 75.6 Å². The predicted octanol–water partition coefficient (Wildman–Crippen LogP) is 3.95. The number of hydrogen-bond acceptors (Lipinski definition) is 3. The fourth-order valence-electron chi connectivity index (χ4n) is 2.23. The molecule has 0 heterocycles. The summed E-state index contributed by atoms with van der Waals surface area (Å²) in [6.45, 7) is 1.70. The minimum Gasteiger partial charge on any atom is -0.491 e. The molecular weight excluding hydrogens is 344 g/mol. The van der Waals surface area contributed by atoms with Crippen LogP contribution >= 0.6 is 0 Å². The van der Waals surface area contributed by atoms with E-state index in [1.54, 1.807) is 31.2 Å². The molecule has 1 unspecified atom stereocenters. The van der Waals surface area contributed by atoms with Crippen molar-refractivity contribution in [2.45, 2.75) is 25.7 Å². The van der Waals surface area contributed by atoms with Gasteiger partial charge >= 0.3 is 5.97 Å². The molecule has 0 aliphatic heterocycles. The van der Waals surface area contributed by atoms with Crippen molar-refractivity contribution in [1.82, 2.24) is 0 Å². The van der Waals surface area contributed by atoms with E-state index in [1.165, 1.54) is 6.07 Å². The van der Waals surface area contributed by atoms with Gasteiger partial charge in [0.15, 0.2) is 11.6 Å². The van der Waals surface area contributed by atoms with Gasteiger partial charge < -0.3 is 15.2 Å². The molecular formula is C19H19F2NO4. The van der Waals surface area contributed by atoms with Gasteiger partial charge in [0, 0.05) is 18.2 Å². The second kappa shape index (κ2) is 8.94. The van der Waals surface area contributed by atoms with Gasteiger partial charge in [-0.3, -0.25) is 9.59 Å². The van der Waals surface area contributed by atoms with Crippen LogP contribution in [0.4, 0.5) is 14.5 Å². The van der Waals surface area contributed by atoms with Gasteiger partial charge in [0.2, 0.25) is 5.91 Å². The smallest absolute Gasteiger partial charge is 0.310 e. The Morgan fingerprint density at radius 3 is 2.46 bits per heavy atom. The zero-order chi connectivity index (χ0) is 19.1. The highest BCUT2D eigenvalue weighted by atomic mass is 19.1. The van der Waals surface area contributed by atoms with Gasteiger partial charge in [-0.2, -0.15) is 0 Å². The Morgan fingerprint density at radius 2 is 1.85 bits per heavy atom. The van der Waals surface area contributed by atoms with E-state index in [0.29, 0.717) is 17.7 Å². The number of amides is 1. The van der Waals surface area contributed by atoms with Gasteiger partial charge in [0.25, 0.3) is 0 Å². The lowest BCUT2D eigenvalue weighted by Crippen LogP contribution is -2.13. The average molecular weight is 363 g/mol. The summed E-state index contributed by atoms with van der Waals surface area (Å²) in [6, 6.07) is 9.60. The Morgan fingerprint density at radius 1 is 1.15 bits per heavy atom. The number of ether oxygens (including phenoxy) is 1. The number of hydrogen-bond donors (Lipinski definition) is 2. The number of anilines is 1. The molecule has 0 aromatic heterocycles. The highest BCUT2D eigenvalue weighted by Crippen LogP contribution is 2.19. The summed E-state index contributed by atoms with van der Waals surface area (Å²) in [5.74, 6) is -3.31. The monoisotopic (exact) mass is 363 g/mol. The summed E-state index contributed by atoms with van der Waals surface area (Å²) in [6.07, 6.45) is 0.521. The Bertz CT molecular complexity index is 778. The fourth-order valence-corrected chi connectivity index (χ4v) is 2.23. The van der Waals surface area contributed by atoms with Gasteiger partial charge in [-0.15, -0.1) is 0 Å². The molecule has 0 aliphatic rings. The third-order valence-corrected chi connectivity index (χ3v) is 3.76. The van der Waals surface area contributed by atoms with Crippen LogP contribution in [0.1, 0.15) is 31.2 Å². The Labute approximate surface area is 149 Å². The Kier molecular flexibility index (Phi) is 6.66. The maximum Gasteiger partial charge on any atom is 0.310 e. The molecule has 1 amide bonds. The van der Waals surface area contributed by atoms with Crippen LogP contribution in [0.3, 0.4) is 0 Å². The second-order valence-corrected chi connectivity index (χ2v) is 5.76. The molecule has 0 saturated carbocycles. The maximum absolute atomic E-state index is 13.4. The molecule has 0 fully saturated rings. The molecule has 2 N–H and O–H groups in total. The molecule has 2 rings (SSSR count).